The van der Waals surface area contributed by atoms with Gasteiger partial charge in [-0.1, -0.05) is 62.4 Å². The fourth-order valence-electron chi connectivity index (χ4n) is 4.52. The van der Waals surface area contributed by atoms with Crippen molar-refractivity contribution in [1.82, 2.24) is 15.6 Å². The fraction of sp³-hybridized carbons (Fsp3) is 0.367. The van der Waals surface area contributed by atoms with Crippen molar-refractivity contribution in [1.29, 1.82) is 5.26 Å². The Balaban J connectivity index is 1.56. The van der Waals surface area contributed by atoms with Gasteiger partial charge in [0, 0.05) is 43.6 Å². The van der Waals surface area contributed by atoms with Crippen LogP contribution in [0.1, 0.15) is 36.8 Å². The van der Waals surface area contributed by atoms with Gasteiger partial charge in [0.05, 0.1) is 22.3 Å². The minimum atomic E-state index is -0.280. The van der Waals surface area contributed by atoms with Gasteiger partial charge in [-0.25, -0.2) is 0 Å². The van der Waals surface area contributed by atoms with Crippen LogP contribution in [0, 0.1) is 17.2 Å². The number of hydrogen-bond donors (Lipinski definition) is 2. The number of pyridine rings is 1. The van der Waals surface area contributed by atoms with Crippen LogP contribution < -0.4 is 15.5 Å². The number of carbonyl (C=O) groups excluding carboxylic acids is 1. The molecule has 0 saturated carbocycles. The summed E-state index contributed by atoms with van der Waals surface area (Å²) in [7, 11) is 0. The van der Waals surface area contributed by atoms with E-state index in [0.29, 0.717) is 5.92 Å². The number of hydrogen-bond acceptors (Lipinski definition) is 6. The normalized spacial score (nSPS) is 15.1. The smallest absolute Gasteiger partial charge is 0.233 e. The molecule has 2 unspecified atom stereocenters. The number of thioether (sulfide) groups is 1. The van der Waals surface area contributed by atoms with Crippen molar-refractivity contribution in [2.45, 2.75) is 30.8 Å². The molecule has 2 heterocycles. The molecule has 1 fully saturated rings. The van der Waals surface area contributed by atoms with E-state index in [9.17, 15) is 4.79 Å². The summed E-state index contributed by atoms with van der Waals surface area (Å²) in [6.07, 6.45) is 2.65. The van der Waals surface area contributed by atoms with Gasteiger partial charge in [0.15, 0.2) is 0 Å². The summed E-state index contributed by atoms with van der Waals surface area (Å²) in [6.45, 7) is 8.34. The first-order valence-corrected chi connectivity index (χ1v) is 13.9. The third-order valence-electron chi connectivity index (χ3n) is 6.46. The Morgan fingerprint density at radius 3 is 2.38 bits per heavy atom. The fourth-order valence-corrected chi connectivity index (χ4v) is 6.15. The van der Waals surface area contributed by atoms with Gasteiger partial charge in [0.2, 0.25) is 5.91 Å². The van der Waals surface area contributed by atoms with Crippen molar-refractivity contribution in [3.05, 3.63) is 84.2 Å². The summed E-state index contributed by atoms with van der Waals surface area (Å²) in [5, 5.41) is 14.7. The summed E-state index contributed by atoms with van der Waals surface area (Å²) in [6, 6.07) is 25.1. The first-order chi connectivity index (χ1) is 18.0. The predicted molar refractivity (Wildman–Crippen MR) is 152 cm³/mol. The molecule has 6 nitrogen and oxygen atoms in total. The zero-order chi connectivity index (χ0) is 26.0. The zero-order valence-corrected chi connectivity index (χ0v) is 22.4. The van der Waals surface area contributed by atoms with Crippen LogP contribution in [0.5, 0.6) is 0 Å². The average Bonchev–Trinajstić information content (AvgIpc) is 2.95. The van der Waals surface area contributed by atoms with E-state index in [4.69, 9.17) is 10.2 Å². The molecule has 2 N–H and O–H groups in total. The Morgan fingerprint density at radius 2 is 1.76 bits per heavy atom. The van der Waals surface area contributed by atoms with E-state index in [1.807, 2.05) is 30.5 Å². The van der Waals surface area contributed by atoms with Crippen LogP contribution in [0.4, 0.5) is 5.69 Å². The van der Waals surface area contributed by atoms with Gasteiger partial charge in [-0.15, -0.1) is 11.8 Å². The molecule has 3 aromatic rings. The van der Waals surface area contributed by atoms with Crippen LogP contribution in [0.3, 0.4) is 0 Å². The van der Waals surface area contributed by atoms with Crippen molar-refractivity contribution < 1.29 is 4.79 Å². The predicted octanol–water partition coefficient (Wildman–Crippen LogP) is 5.04. The van der Waals surface area contributed by atoms with Gasteiger partial charge in [0.25, 0.3) is 0 Å². The van der Waals surface area contributed by atoms with Crippen LogP contribution in [0.2, 0.25) is 0 Å². The van der Waals surface area contributed by atoms with Gasteiger partial charge >= 0.3 is 0 Å². The highest BCUT2D eigenvalue weighted by molar-refractivity contribution is 8.01. The largest absolute Gasteiger partial charge is 0.369 e. The van der Waals surface area contributed by atoms with E-state index in [1.54, 1.807) is 11.8 Å². The second-order valence-corrected chi connectivity index (χ2v) is 11.0. The van der Waals surface area contributed by atoms with Crippen molar-refractivity contribution in [2.24, 2.45) is 5.92 Å². The molecule has 4 rings (SSSR count). The van der Waals surface area contributed by atoms with E-state index in [1.165, 1.54) is 5.69 Å². The highest BCUT2D eigenvalue weighted by Crippen LogP contribution is 2.40. The number of anilines is 1. The van der Waals surface area contributed by atoms with Crippen LogP contribution >= 0.6 is 11.8 Å². The Labute approximate surface area is 224 Å². The number of rotatable bonds is 10. The summed E-state index contributed by atoms with van der Waals surface area (Å²) in [5.74, 6) is 0.253. The maximum Gasteiger partial charge on any atom is 0.233 e. The standard InChI is InChI=1S/C30H35N5OS/c1-22(2)20-28(30(36)33-15-14-31)37-29(24-6-4-3-5-7-24)27-13-10-25(21-34-27)23-8-11-26(12-9-23)35-18-16-32-17-19-35/h3-13,21-22,28-29,32H,15-20H2,1-2H3,(H,33,36). The molecule has 1 saturated heterocycles. The molecule has 1 aliphatic heterocycles. The second-order valence-electron chi connectivity index (χ2n) is 9.68. The molecular weight excluding hydrogens is 478 g/mol. The topological polar surface area (TPSA) is 81.1 Å². The molecule has 2 aromatic carbocycles. The molecule has 0 radical (unpaired) electrons. The molecule has 2 atom stereocenters. The second kappa shape index (κ2) is 13.3. The Hall–Kier alpha value is -3.34. The van der Waals surface area contributed by atoms with E-state index in [-0.39, 0.29) is 23.0 Å². The summed E-state index contributed by atoms with van der Waals surface area (Å²) >= 11 is 1.61. The molecular formula is C30H35N5OS. The third-order valence-corrected chi connectivity index (χ3v) is 7.98. The van der Waals surface area contributed by atoms with Gasteiger partial charge in [-0.05, 0) is 41.7 Å². The Morgan fingerprint density at radius 1 is 1.05 bits per heavy atom. The molecule has 1 aromatic heterocycles. The van der Waals surface area contributed by atoms with Crippen LogP contribution in [0.15, 0.2) is 72.9 Å². The Bertz CT molecular complexity index is 1170. The van der Waals surface area contributed by atoms with Gasteiger partial charge in [0.1, 0.15) is 6.54 Å². The maximum absolute atomic E-state index is 12.9. The molecule has 0 spiro atoms. The quantitative estimate of drug-likeness (QED) is 0.370. The van der Waals surface area contributed by atoms with Crippen LogP contribution in [0.25, 0.3) is 11.1 Å². The lowest BCUT2D eigenvalue weighted by molar-refractivity contribution is -0.120. The zero-order valence-electron chi connectivity index (χ0n) is 21.6. The number of nitrogens with zero attached hydrogens (tertiary/aromatic N) is 3. The average molecular weight is 514 g/mol. The van der Waals surface area contributed by atoms with E-state index >= 15 is 0 Å². The van der Waals surface area contributed by atoms with Gasteiger partial charge in [-0.3, -0.25) is 9.78 Å². The van der Waals surface area contributed by atoms with E-state index in [0.717, 1.165) is 55.0 Å². The third kappa shape index (κ3) is 7.34. The minimum absolute atomic E-state index is 0.0182. The maximum atomic E-state index is 12.9. The molecule has 192 valence electrons. The lowest BCUT2D eigenvalue weighted by atomic mass is 10.0. The number of nitrogens with one attached hydrogen (secondary N) is 2. The number of benzene rings is 2. The number of amides is 1. The number of piperazine rings is 1. The number of carbonyl (C=O) groups is 1. The molecule has 0 bridgehead atoms. The molecule has 1 amide bonds. The highest BCUT2D eigenvalue weighted by atomic mass is 32.2. The number of nitriles is 1. The molecule has 0 aliphatic carbocycles. The molecule has 7 heteroatoms. The molecule has 1 aliphatic rings. The number of aromatic nitrogens is 1. The first-order valence-electron chi connectivity index (χ1n) is 12.9. The van der Waals surface area contributed by atoms with Crippen LogP contribution in [-0.2, 0) is 4.79 Å². The van der Waals surface area contributed by atoms with Gasteiger partial charge in [-0.2, -0.15) is 5.26 Å². The van der Waals surface area contributed by atoms with Crippen LogP contribution in [-0.4, -0.2) is 48.9 Å². The highest BCUT2D eigenvalue weighted by Gasteiger charge is 2.27. The first kappa shape index (κ1) is 26.7. The monoisotopic (exact) mass is 513 g/mol. The summed E-state index contributed by atoms with van der Waals surface area (Å²) < 4.78 is 0. The lowest BCUT2D eigenvalue weighted by Gasteiger charge is -2.29. The van der Waals surface area contributed by atoms with Crippen molar-refractivity contribution in [2.75, 3.05) is 37.6 Å². The van der Waals surface area contributed by atoms with E-state index in [2.05, 4.69) is 77.9 Å². The Kier molecular flexibility index (Phi) is 9.58. The van der Waals surface area contributed by atoms with Crippen molar-refractivity contribution in [3.8, 4) is 17.2 Å². The molecule has 37 heavy (non-hydrogen) atoms. The van der Waals surface area contributed by atoms with Gasteiger partial charge < -0.3 is 15.5 Å². The minimum Gasteiger partial charge on any atom is -0.369 e. The van der Waals surface area contributed by atoms with E-state index < -0.39 is 0 Å². The van der Waals surface area contributed by atoms with Crippen molar-refractivity contribution in [3.63, 3.8) is 0 Å². The summed E-state index contributed by atoms with van der Waals surface area (Å²) in [4.78, 5) is 20.2. The summed E-state index contributed by atoms with van der Waals surface area (Å²) in [5.41, 5.74) is 5.48. The lowest BCUT2D eigenvalue weighted by Crippen LogP contribution is -2.43. The van der Waals surface area contributed by atoms with Crippen molar-refractivity contribution >= 4 is 23.4 Å². The SMILES string of the molecule is CC(C)CC(SC(c1ccccc1)c1ccc(-c2ccc(N3CCNCC3)cc2)cn1)C(=O)NCC#N.